The first-order valence-corrected chi connectivity index (χ1v) is 6.43. The number of carboxylic acids is 2. The first-order chi connectivity index (χ1) is 10.0. The van der Waals surface area contributed by atoms with Crippen molar-refractivity contribution in [3.05, 3.63) is 59.2 Å². The van der Waals surface area contributed by atoms with Crippen LogP contribution in [0.2, 0.25) is 0 Å². The van der Waals surface area contributed by atoms with E-state index in [1.807, 2.05) is 24.3 Å². The minimum Gasteiger partial charge on any atom is -0.478 e. The third kappa shape index (κ3) is 1.84. The number of rotatable bonds is 2. The molecule has 21 heavy (non-hydrogen) atoms. The molecule has 3 aromatic rings. The second-order valence-corrected chi connectivity index (χ2v) is 4.88. The molecule has 0 aromatic heterocycles. The van der Waals surface area contributed by atoms with Crippen LogP contribution < -0.4 is 0 Å². The van der Waals surface area contributed by atoms with E-state index in [1.165, 1.54) is 6.07 Å². The molecular formula is C17H12O4. The molecule has 2 N–H and O–H groups in total. The summed E-state index contributed by atoms with van der Waals surface area (Å²) < 4.78 is 0. The van der Waals surface area contributed by atoms with Gasteiger partial charge >= 0.3 is 11.9 Å². The summed E-state index contributed by atoms with van der Waals surface area (Å²) in [4.78, 5) is 23.1. The highest BCUT2D eigenvalue weighted by Gasteiger charge is 2.21. The van der Waals surface area contributed by atoms with Crippen LogP contribution in [-0.4, -0.2) is 22.2 Å². The fourth-order valence-corrected chi connectivity index (χ4v) is 2.86. The van der Waals surface area contributed by atoms with Crippen LogP contribution in [0.5, 0.6) is 0 Å². The normalized spacial score (nSPS) is 10.9. The lowest BCUT2D eigenvalue weighted by Crippen LogP contribution is -2.07. The highest BCUT2D eigenvalue weighted by atomic mass is 16.4. The molecule has 0 saturated carbocycles. The molecule has 0 heterocycles. The predicted molar refractivity (Wildman–Crippen MR) is 80.1 cm³/mol. The lowest BCUT2D eigenvalue weighted by molar-refractivity contribution is 0.0695. The van der Waals surface area contributed by atoms with Crippen molar-refractivity contribution in [3.8, 4) is 0 Å². The Morgan fingerprint density at radius 3 is 2.05 bits per heavy atom. The SMILES string of the molecule is Cc1c(C(=O)O)c2c(C(=O)O)cccc2c2ccccc12. The topological polar surface area (TPSA) is 74.6 Å². The maximum Gasteiger partial charge on any atom is 0.336 e. The Morgan fingerprint density at radius 1 is 0.810 bits per heavy atom. The molecule has 0 radical (unpaired) electrons. The maximum absolute atomic E-state index is 11.7. The average Bonchev–Trinajstić information content (AvgIpc) is 2.46. The van der Waals surface area contributed by atoms with Crippen LogP contribution in [0.1, 0.15) is 26.3 Å². The van der Waals surface area contributed by atoms with Crippen molar-refractivity contribution in [1.82, 2.24) is 0 Å². The Balaban J connectivity index is 2.69. The molecule has 0 unspecified atom stereocenters. The van der Waals surface area contributed by atoms with Gasteiger partial charge in [-0.25, -0.2) is 9.59 Å². The van der Waals surface area contributed by atoms with Crippen molar-refractivity contribution in [1.29, 1.82) is 0 Å². The van der Waals surface area contributed by atoms with Crippen LogP contribution in [0.3, 0.4) is 0 Å². The van der Waals surface area contributed by atoms with Crippen molar-refractivity contribution < 1.29 is 19.8 Å². The van der Waals surface area contributed by atoms with E-state index >= 15 is 0 Å². The summed E-state index contributed by atoms with van der Waals surface area (Å²) in [5, 5.41) is 21.5. The summed E-state index contributed by atoms with van der Waals surface area (Å²) in [6.45, 7) is 1.71. The number of aryl methyl sites for hydroxylation is 1. The van der Waals surface area contributed by atoms with Gasteiger partial charge in [-0.3, -0.25) is 0 Å². The van der Waals surface area contributed by atoms with E-state index in [9.17, 15) is 19.8 Å². The molecule has 0 saturated heterocycles. The number of fused-ring (bicyclic) bond motifs is 3. The third-order valence-electron chi connectivity index (χ3n) is 3.75. The van der Waals surface area contributed by atoms with E-state index in [2.05, 4.69) is 0 Å². The van der Waals surface area contributed by atoms with Gasteiger partial charge in [0.1, 0.15) is 0 Å². The molecule has 0 bridgehead atoms. The second-order valence-electron chi connectivity index (χ2n) is 4.88. The van der Waals surface area contributed by atoms with Gasteiger partial charge in [0.15, 0.2) is 0 Å². The van der Waals surface area contributed by atoms with E-state index < -0.39 is 11.9 Å². The Bertz CT molecular complexity index is 909. The van der Waals surface area contributed by atoms with Crippen molar-refractivity contribution in [2.24, 2.45) is 0 Å². The van der Waals surface area contributed by atoms with Gasteiger partial charge in [0.2, 0.25) is 0 Å². The van der Waals surface area contributed by atoms with Crippen LogP contribution in [0.25, 0.3) is 21.5 Å². The van der Waals surface area contributed by atoms with Gasteiger partial charge in [-0.2, -0.15) is 0 Å². The minimum atomic E-state index is -1.13. The van der Waals surface area contributed by atoms with Gasteiger partial charge in [-0.1, -0.05) is 36.4 Å². The second kappa shape index (κ2) is 4.59. The number of carboxylic acid groups (broad SMARTS) is 2. The molecule has 0 spiro atoms. The van der Waals surface area contributed by atoms with Crippen LogP contribution in [0.15, 0.2) is 42.5 Å². The Hall–Kier alpha value is -2.88. The fourth-order valence-electron chi connectivity index (χ4n) is 2.86. The van der Waals surface area contributed by atoms with Crippen LogP contribution in [0.4, 0.5) is 0 Å². The zero-order valence-electron chi connectivity index (χ0n) is 11.3. The molecule has 4 heteroatoms. The molecule has 0 aliphatic carbocycles. The smallest absolute Gasteiger partial charge is 0.336 e. The summed E-state index contributed by atoms with van der Waals surface area (Å²) >= 11 is 0. The molecule has 104 valence electrons. The highest BCUT2D eigenvalue weighted by molar-refractivity contribution is 6.22. The molecule has 3 aromatic carbocycles. The monoisotopic (exact) mass is 280 g/mol. The van der Waals surface area contributed by atoms with E-state index in [-0.39, 0.29) is 16.5 Å². The van der Waals surface area contributed by atoms with Gasteiger partial charge < -0.3 is 10.2 Å². The zero-order chi connectivity index (χ0) is 15.1. The van der Waals surface area contributed by atoms with Crippen LogP contribution >= 0.6 is 0 Å². The molecule has 4 nitrogen and oxygen atoms in total. The van der Waals surface area contributed by atoms with Crippen molar-refractivity contribution >= 4 is 33.5 Å². The van der Waals surface area contributed by atoms with Crippen molar-refractivity contribution in [2.45, 2.75) is 6.92 Å². The van der Waals surface area contributed by atoms with Crippen LogP contribution in [-0.2, 0) is 0 Å². The molecule has 0 aliphatic heterocycles. The average molecular weight is 280 g/mol. The summed E-state index contributed by atoms with van der Waals surface area (Å²) in [5.74, 6) is -2.24. The summed E-state index contributed by atoms with van der Waals surface area (Å²) in [7, 11) is 0. The molecular weight excluding hydrogens is 268 g/mol. The van der Waals surface area contributed by atoms with Gasteiger partial charge in [0.25, 0.3) is 0 Å². The summed E-state index contributed by atoms with van der Waals surface area (Å²) in [5.41, 5.74) is 0.653. The Labute approximate surface area is 120 Å². The molecule has 0 aliphatic rings. The largest absolute Gasteiger partial charge is 0.478 e. The first-order valence-electron chi connectivity index (χ1n) is 6.43. The van der Waals surface area contributed by atoms with Gasteiger partial charge in [-0.15, -0.1) is 0 Å². The van der Waals surface area contributed by atoms with Crippen LogP contribution in [0, 0.1) is 6.92 Å². The van der Waals surface area contributed by atoms with Crippen molar-refractivity contribution in [3.63, 3.8) is 0 Å². The fraction of sp³-hybridized carbons (Fsp3) is 0.0588. The lowest BCUT2D eigenvalue weighted by atomic mass is 9.90. The Morgan fingerprint density at radius 2 is 1.43 bits per heavy atom. The van der Waals surface area contributed by atoms with Gasteiger partial charge in [0.05, 0.1) is 11.1 Å². The quantitative estimate of drug-likeness (QED) is 0.702. The first kappa shape index (κ1) is 13.1. The van der Waals surface area contributed by atoms with E-state index in [1.54, 1.807) is 19.1 Å². The summed E-state index contributed by atoms with van der Waals surface area (Å²) in [6, 6.07) is 12.3. The number of aromatic carboxylic acids is 2. The molecule has 0 atom stereocenters. The minimum absolute atomic E-state index is 0.0127. The summed E-state index contributed by atoms with van der Waals surface area (Å²) in [6.07, 6.45) is 0. The zero-order valence-corrected chi connectivity index (χ0v) is 11.3. The third-order valence-corrected chi connectivity index (χ3v) is 3.75. The standard InChI is InChI=1S/C17H12O4/c1-9-10-5-2-3-6-11(10)12-7-4-8-13(16(18)19)15(12)14(9)17(20)21/h2-8H,1H3,(H,18,19)(H,20,21). The molecule has 0 fully saturated rings. The van der Waals surface area contributed by atoms with Gasteiger partial charge in [-0.05, 0) is 34.7 Å². The number of hydrogen-bond acceptors (Lipinski definition) is 2. The predicted octanol–water partition coefficient (Wildman–Crippen LogP) is 3.70. The van der Waals surface area contributed by atoms with E-state index in [0.29, 0.717) is 10.9 Å². The number of carbonyl (C=O) groups is 2. The van der Waals surface area contributed by atoms with E-state index in [0.717, 1.165) is 10.8 Å². The van der Waals surface area contributed by atoms with E-state index in [4.69, 9.17) is 0 Å². The number of benzene rings is 3. The van der Waals surface area contributed by atoms with Gasteiger partial charge in [0, 0.05) is 5.39 Å². The lowest BCUT2D eigenvalue weighted by Gasteiger charge is -2.13. The molecule has 3 rings (SSSR count). The van der Waals surface area contributed by atoms with Crippen molar-refractivity contribution in [2.75, 3.05) is 0 Å². The highest BCUT2D eigenvalue weighted by Crippen LogP contribution is 2.34. The Kier molecular flexibility index (Phi) is 2.87. The molecule has 0 amide bonds. The maximum atomic E-state index is 11.7. The number of hydrogen-bond donors (Lipinski definition) is 2.